The van der Waals surface area contributed by atoms with Crippen molar-refractivity contribution >= 4 is 56.2 Å². The predicted octanol–water partition coefficient (Wildman–Crippen LogP) is 3.76. The first-order valence-electron chi connectivity index (χ1n) is 8.05. The Hall–Kier alpha value is -2.09. The summed E-state index contributed by atoms with van der Waals surface area (Å²) in [6, 6.07) is 12.9. The highest BCUT2D eigenvalue weighted by Crippen LogP contribution is 2.26. The monoisotopic (exact) mass is 428 g/mol. The number of amides is 2. The minimum Gasteiger partial charge on any atom is -0.325 e. The van der Waals surface area contributed by atoms with Crippen molar-refractivity contribution in [2.75, 3.05) is 16.4 Å². The fourth-order valence-electron chi connectivity index (χ4n) is 2.41. The summed E-state index contributed by atoms with van der Waals surface area (Å²) in [5, 5.41) is 4.16. The van der Waals surface area contributed by atoms with Crippen LogP contribution < -0.4 is 10.6 Å². The topological polar surface area (TPSA) is 92.3 Å². The van der Waals surface area contributed by atoms with Gasteiger partial charge in [-0.15, -0.1) is 0 Å². The van der Waals surface area contributed by atoms with Gasteiger partial charge in [-0.05, 0) is 36.8 Å². The molecule has 0 radical (unpaired) electrons. The number of hydrogen-bond acceptors (Lipinski definition) is 4. The minimum atomic E-state index is -4.03. The maximum atomic E-state index is 12.6. The first kappa shape index (κ1) is 21.2. The van der Waals surface area contributed by atoms with Gasteiger partial charge in [-0.3, -0.25) is 9.59 Å². The van der Waals surface area contributed by atoms with Crippen LogP contribution in [0, 0.1) is 0 Å². The fourth-order valence-corrected chi connectivity index (χ4v) is 4.40. The lowest BCUT2D eigenvalue weighted by Gasteiger charge is -2.16. The van der Waals surface area contributed by atoms with Gasteiger partial charge in [0.2, 0.25) is 11.8 Å². The Kier molecular flexibility index (Phi) is 7.24. The van der Waals surface area contributed by atoms with Crippen LogP contribution in [-0.4, -0.2) is 31.2 Å². The molecule has 0 heterocycles. The van der Waals surface area contributed by atoms with Gasteiger partial charge in [0.1, 0.15) is 11.0 Å². The van der Waals surface area contributed by atoms with E-state index in [0.29, 0.717) is 10.7 Å². The van der Waals surface area contributed by atoms with Crippen LogP contribution in [0.5, 0.6) is 0 Å². The molecule has 144 valence electrons. The maximum Gasteiger partial charge on any atom is 0.242 e. The average Bonchev–Trinajstić information content (AvgIpc) is 2.58. The summed E-state index contributed by atoms with van der Waals surface area (Å²) in [5.41, 5.74) is 0.719. The molecule has 0 aliphatic rings. The van der Waals surface area contributed by atoms with Crippen molar-refractivity contribution < 1.29 is 18.0 Å². The molecule has 2 aromatic rings. The summed E-state index contributed by atoms with van der Waals surface area (Å²) in [5.74, 6) is -2.27. The largest absolute Gasteiger partial charge is 0.325 e. The number of para-hydroxylation sites is 1. The van der Waals surface area contributed by atoms with Crippen molar-refractivity contribution in [1.29, 1.82) is 0 Å². The maximum absolute atomic E-state index is 12.6. The highest BCUT2D eigenvalue weighted by atomic mass is 35.5. The van der Waals surface area contributed by atoms with E-state index in [1.165, 1.54) is 18.2 Å². The first-order chi connectivity index (χ1) is 12.7. The molecule has 0 bridgehead atoms. The van der Waals surface area contributed by atoms with E-state index < -0.39 is 32.7 Å². The van der Waals surface area contributed by atoms with E-state index in [1.807, 2.05) is 0 Å². The predicted molar refractivity (Wildman–Crippen MR) is 108 cm³/mol. The SMILES string of the molecule is CCC(C(=O)Nc1ccc(Cl)cc1Cl)S(=O)(=O)CC(=O)Nc1ccccc1. The Morgan fingerprint density at radius 3 is 2.30 bits per heavy atom. The molecule has 0 saturated carbocycles. The second-order valence-electron chi connectivity index (χ2n) is 5.73. The van der Waals surface area contributed by atoms with Gasteiger partial charge in [0.05, 0.1) is 10.7 Å². The number of benzene rings is 2. The second-order valence-corrected chi connectivity index (χ2v) is 8.76. The van der Waals surface area contributed by atoms with Gasteiger partial charge in [0, 0.05) is 10.7 Å². The molecule has 0 saturated heterocycles. The summed E-state index contributed by atoms with van der Waals surface area (Å²) in [4.78, 5) is 24.5. The number of carbonyl (C=O) groups is 2. The van der Waals surface area contributed by atoms with Crippen molar-refractivity contribution in [3.8, 4) is 0 Å². The molecule has 2 amide bonds. The number of halogens is 2. The van der Waals surface area contributed by atoms with Crippen LogP contribution in [-0.2, 0) is 19.4 Å². The molecule has 0 aliphatic carbocycles. The van der Waals surface area contributed by atoms with Crippen LogP contribution in [0.1, 0.15) is 13.3 Å². The highest BCUT2D eigenvalue weighted by Gasteiger charge is 2.33. The van der Waals surface area contributed by atoms with Gasteiger partial charge >= 0.3 is 0 Å². The molecular weight excluding hydrogens is 411 g/mol. The Balaban J connectivity index is 2.09. The standard InChI is InChI=1S/C18H18Cl2N2O4S/c1-2-16(18(24)22-15-9-8-12(19)10-14(15)20)27(25,26)11-17(23)21-13-6-4-3-5-7-13/h3-10,16H,2,11H2,1H3,(H,21,23)(H,22,24). The van der Waals surface area contributed by atoms with Gasteiger partial charge in [0.15, 0.2) is 9.84 Å². The van der Waals surface area contributed by atoms with Crippen molar-refractivity contribution in [3.63, 3.8) is 0 Å². The van der Waals surface area contributed by atoms with Crippen LogP contribution in [0.3, 0.4) is 0 Å². The smallest absolute Gasteiger partial charge is 0.242 e. The Bertz CT molecular complexity index is 934. The quantitative estimate of drug-likeness (QED) is 0.701. The van der Waals surface area contributed by atoms with Crippen LogP contribution in [0.2, 0.25) is 10.0 Å². The van der Waals surface area contributed by atoms with E-state index in [0.717, 1.165) is 0 Å². The lowest BCUT2D eigenvalue weighted by atomic mass is 10.2. The molecular formula is C18H18Cl2N2O4S. The molecule has 0 aromatic heterocycles. The number of carbonyl (C=O) groups excluding carboxylic acids is 2. The second kappa shape index (κ2) is 9.21. The third-order valence-electron chi connectivity index (χ3n) is 3.68. The van der Waals surface area contributed by atoms with Gasteiger partial charge in [0.25, 0.3) is 0 Å². The lowest BCUT2D eigenvalue weighted by Crippen LogP contribution is -2.39. The third kappa shape index (κ3) is 5.95. The zero-order valence-electron chi connectivity index (χ0n) is 14.4. The summed E-state index contributed by atoms with van der Waals surface area (Å²) < 4.78 is 25.1. The van der Waals surface area contributed by atoms with E-state index in [4.69, 9.17) is 23.2 Å². The van der Waals surface area contributed by atoms with Crippen molar-refractivity contribution in [2.45, 2.75) is 18.6 Å². The number of rotatable bonds is 7. The fraction of sp³-hybridized carbons (Fsp3) is 0.222. The number of hydrogen-bond donors (Lipinski definition) is 2. The van der Waals surface area contributed by atoms with E-state index >= 15 is 0 Å². The van der Waals surface area contributed by atoms with Crippen molar-refractivity contribution in [1.82, 2.24) is 0 Å². The summed E-state index contributed by atoms with van der Waals surface area (Å²) >= 11 is 11.8. The van der Waals surface area contributed by atoms with Gasteiger partial charge in [-0.1, -0.05) is 48.3 Å². The molecule has 27 heavy (non-hydrogen) atoms. The lowest BCUT2D eigenvalue weighted by molar-refractivity contribution is -0.115. The van der Waals surface area contributed by atoms with Gasteiger partial charge in [-0.25, -0.2) is 8.42 Å². The van der Waals surface area contributed by atoms with E-state index in [9.17, 15) is 18.0 Å². The van der Waals surface area contributed by atoms with E-state index in [1.54, 1.807) is 37.3 Å². The van der Waals surface area contributed by atoms with Crippen LogP contribution in [0.4, 0.5) is 11.4 Å². The molecule has 2 aromatic carbocycles. The molecule has 1 atom stereocenters. The summed E-state index contributed by atoms with van der Waals surface area (Å²) in [6.07, 6.45) is 0.0119. The Morgan fingerprint density at radius 2 is 1.70 bits per heavy atom. The Morgan fingerprint density at radius 1 is 1.04 bits per heavy atom. The Labute approximate surface area is 167 Å². The number of sulfone groups is 1. The highest BCUT2D eigenvalue weighted by molar-refractivity contribution is 7.93. The zero-order valence-corrected chi connectivity index (χ0v) is 16.7. The van der Waals surface area contributed by atoms with Crippen LogP contribution >= 0.6 is 23.2 Å². The molecule has 0 spiro atoms. The average molecular weight is 429 g/mol. The van der Waals surface area contributed by atoms with Gasteiger partial charge in [-0.2, -0.15) is 0 Å². The minimum absolute atomic E-state index is 0.0119. The normalized spacial score (nSPS) is 12.3. The number of nitrogens with one attached hydrogen (secondary N) is 2. The third-order valence-corrected chi connectivity index (χ3v) is 6.30. The molecule has 9 heteroatoms. The molecule has 2 N–H and O–H groups in total. The van der Waals surface area contributed by atoms with Gasteiger partial charge < -0.3 is 10.6 Å². The molecule has 2 rings (SSSR count). The molecule has 0 aliphatic heterocycles. The van der Waals surface area contributed by atoms with Crippen molar-refractivity contribution in [2.24, 2.45) is 0 Å². The van der Waals surface area contributed by atoms with Crippen LogP contribution in [0.15, 0.2) is 48.5 Å². The van der Waals surface area contributed by atoms with E-state index in [2.05, 4.69) is 10.6 Å². The molecule has 0 fully saturated rings. The summed E-state index contributed by atoms with van der Waals surface area (Å²) in [7, 11) is -4.03. The van der Waals surface area contributed by atoms with Crippen molar-refractivity contribution in [3.05, 3.63) is 58.6 Å². The summed E-state index contributed by atoms with van der Waals surface area (Å²) in [6.45, 7) is 1.56. The van der Waals surface area contributed by atoms with Crippen LogP contribution in [0.25, 0.3) is 0 Å². The first-order valence-corrected chi connectivity index (χ1v) is 10.5. The number of anilines is 2. The molecule has 6 nitrogen and oxygen atoms in total. The zero-order chi connectivity index (χ0) is 20.0. The van der Waals surface area contributed by atoms with E-state index in [-0.39, 0.29) is 17.1 Å². The molecule has 1 unspecified atom stereocenters.